The molecule has 32 heavy (non-hydrogen) atoms. The van der Waals surface area contributed by atoms with Gasteiger partial charge in [-0.3, -0.25) is 9.44 Å². The van der Waals surface area contributed by atoms with E-state index in [0.717, 1.165) is 23.8 Å². The van der Waals surface area contributed by atoms with Crippen molar-refractivity contribution >= 4 is 39.7 Å². The lowest BCUT2D eigenvalue weighted by Gasteiger charge is -2.19. The summed E-state index contributed by atoms with van der Waals surface area (Å²) in [5, 5.41) is 2.80. The number of benzene rings is 2. The Morgan fingerprint density at radius 1 is 1.03 bits per heavy atom. The quantitative estimate of drug-likeness (QED) is 0.392. The Morgan fingerprint density at radius 3 is 2.22 bits per heavy atom. The van der Waals surface area contributed by atoms with E-state index in [2.05, 4.69) is 47.7 Å². The van der Waals surface area contributed by atoms with Gasteiger partial charge in [-0.2, -0.15) is 0 Å². The number of hydrogen-bond acceptors (Lipinski definition) is 6. The van der Waals surface area contributed by atoms with Gasteiger partial charge in [-0.15, -0.1) is 0 Å². The third-order valence-electron chi connectivity index (χ3n) is 4.46. The Labute approximate surface area is 193 Å². The number of carbonyl (C=O) groups excluding carboxylic acids is 2. The second kappa shape index (κ2) is 10.7. The molecule has 10 heteroatoms. The number of urea groups is 1. The molecule has 0 fully saturated rings. The first kappa shape index (κ1) is 25.5. The number of amides is 2. The molecular formula is C22H29N3O5S2. The van der Waals surface area contributed by atoms with Gasteiger partial charge in [-0.05, 0) is 46.2 Å². The molecule has 0 saturated heterocycles. The zero-order valence-electron chi connectivity index (χ0n) is 18.8. The average Bonchev–Trinajstić information content (AvgIpc) is 2.71. The van der Waals surface area contributed by atoms with Crippen LogP contribution in [-0.2, 0) is 32.5 Å². The Balaban J connectivity index is 1.89. The minimum absolute atomic E-state index is 0.0762. The minimum atomic E-state index is -3.55. The number of hydrogen-bond donors (Lipinski definition) is 3. The molecule has 174 valence electrons. The van der Waals surface area contributed by atoms with Crippen molar-refractivity contribution in [3.63, 3.8) is 0 Å². The molecule has 2 rings (SSSR count). The molecule has 0 bridgehead atoms. The molecule has 0 spiro atoms. The lowest BCUT2D eigenvalue weighted by molar-refractivity contribution is 0.0602. The third kappa shape index (κ3) is 8.08. The average molecular weight is 480 g/mol. The van der Waals surface area contributed by atoms with Crippen LogP contribution in [0.1, 0.15) is 47.8 Å². The summed E-state index contributed by atoms with van der Waals surface area (Å²) in [6.45, 7) is 6.84. The van der Waals surface area contributed by atoms with Gasteiger partial charge in [0.1, 0.15) is 0 Å². The van der Waals surface area contributed by atoms with Crippen LogP contribution in [0.25, 0.3) is 0 Å². The number of carbonyl (C=O) groups is 2. The van der Waals surface area contributed by atoms with E-state index in [1.807, 2.05) is 12.1 Å². The van der Waals surface area contributed by atoms with Crippen LogP contribution in [0.4, 0.5) is 10.5 Å². The highest BCUT2D eigenvalue weighted by Gasteiger charge is 2.16. The van der Waals surface area contributed by atoms with Crippen molar-refractivity contribution in [2.45, 2.75) is 38.5 Å². The van der Waals surface area contributed by atoms with Crippen LogP contribution in [0.3, 0.4) is 0 Å². The minimum Gasteiger partial charge on any atom is -0.465 e. The van der Waals surface area contributed by atoms with Crippen LogP contribution in [0.15, 0.2) is 42.5 Å². The van der Waals surface area contributed by atoms with E-state index in [1.165, 1.54) is 24.8 Å². The maximum Gasteiger partial charge on any atom is 0.340 e. The maximum atomic E-state index is 12.1. The first-order valence-corrected chi connectivity index (χ1v) is 12.7. The lowest BCUT2D eigenvalue weighted by atomic mass is 9.87. The van der Waals surface area contributed by atoms with Crippen molar-refractivity contribution in [2.24, 2.45) is 0 Å². The highest BCUT2D eigenvalue weighted by Crippen LogP contribution is 2.23. The maximum absolute atomic E-state index is 12.1. The number of esters is 1. The normalized spacial score (nSPS) is 11.5. The van der Waals surface area contributed by atoms with Gasteiger partial charge < -0.3 is 10.1 Å². The number of sulfonamides is 1. The predicted molar refractivity (Wildman–Crippen MR) is 128 cm³/mol. The van der Waals surface area contributed by atoms with Crippen LogP contribution in [-0.4, -0.2) is 33.8 Å². The molecule has 0 aliphatic rings. The van der Waals surface area contributed by atoms with Crippen LogP contribution in [0.2, 0.25) is 0 Å². The lowest BCUT2D eigenvalue weighted by Crippen LogP contribution is -2.30. The molecule has 0 heterocycles. The van der Waals surface area contributed by atoms with Gasteiger partial charge in [0.25, 0.3) is 0 Å². The van der Waals surface area contributed by atoms with Crippen molar-refractivity contribution in [1.82, 2.24) is 10.0 Å². The summed E-state index contributed by atoms with van der Waals surface area (Å²) in [5.41, 5.74) is 3.25. The van der Waals surface area contributed by atoms with Gasteiger partial charge in [-0.1, -0.05) is 51.1 Å². The number of methoxy groups -OCH3 is 1. The van der Waals surface area contributed by atoms with Crippen LogP contribution < -0.4 is 14.8 Å². The smallest absolute Gasteiger partial charge is 0.340 e. The van der Waals surface area contributed by atoms with Gasteiger partial charge >= 0.3 is 12.0 Å². The van der Waals surface area contributed by atoms with Crippen molar-refractivity contribution < 1.29 is 22.7 Å². The summed E-state index contributed by atoms with van der Waals surface area (Å²) in [7, 11) is -2.33. The number of ether oxygens (including phenoxy) is 1. The van der Waals surface area contributed by atoms with Crippen molar-refractivity contribution in [2.75, 3.05) is 18.1 Å². The molecule has 2 aromatic rings. The SMILES string of the molecule is COC(=O)c1cc(CSNC(=O)NCc2ccc(C(C)(C)C)cc2)ccc1NS(C)(=O)=O. The zero-order chi connectivity index (χ0) is 23.9. The zero-order valence-corrected chi connectivity index (χ0v) is 20.4. The van der Waals surface area contributed by atoms with Gasteiger partial charge in [0, 0.05) is 12.3 Å². The summed E-state index contributed by atoms with van der Waals surface area (Å²) in [5.74, 6) is -0.289. The molecule has 0 aliphatic carbocycles. The van der Waals surface area contributed by atoms with E-state index in [9.17, 15) is 18.0 Å². The van der Waals surface area contributed by atoms with E-state index in [-0.39, 0.29) is 22.7 Å². The summed E-state index contributed by atoms with van der Waals surface area (Å²) >= 11 is 1.15. The van der Waals surface area contributed by atoms with E-state index in [1.54, 1.807) is 6.07 Å². The third-order valence-corrected chi connectivity index (χ3v) is 5.86. The Hall–Kier alpha value is -2.72. The number of anilines is 1. The second-order valence-corrected chi connectivity index (χ2v) is 10.8. The van der Waals surface area contributed by atoms with E-state index in [4.69, 9.17) is 4.74 Å². The van der Waals surface area contributed by atoms with Gasteiger partial charge in [-0.25, -0.2) is 18.0 Å². The second-order valence-electron chi connectivity index (χ2n) is 8.27. The predicted octanol–water partition coefficient (Wildman–Crippen LogP) is 3.79. The van der Waals surface area contributed by atoms with Gasteiger partial charge in [0.2, 0.25) is 10.0 Å². The van der Waals surface area contributed by atoms with Crippen LogP contribution in [0, 0.1) is 0 Å². The van der Waals surface area contributed by atoms with E-state index >= 15 is 0 Å². The van der Waals surface area contributed by atoms with Crippen molar-refractivity contribution in [3.05, 3.63) is 64.7 Å². The highest BCUT2D eigenvalue weighted by atomic mass is 32.2. The molecular weight excluding hydrogens is 450 g/mol. The topological polar surface area (TPSA) is 114 Å². The standard InChI is InChI=1S/C22H29N3O5S2/c1-22(2,3)17-9-6-15(7-10-17)13-23-21(27)24-31-14-16-8-11-19(25-32(5,28)29)18(12-16)20(26)30-4/h6-12,25H,13-14H2,1-5H3,(H2,23,24,27). The number of rotatable bonds is 8. The molecule has 0 saturated carbocycles. The fraction of sp³-hybridized carbons (Fsp3) is 0.364. The molecule has 3 N–H and O–H groups in total. The van der Waals surface area contributed by atoms with Crippen LogP contribution >= 0.6 is 11.9 Å². The Kier molecular flexibility index (Phi) is 8.57. The van der Waals surface area contributed by atoms with E-state index < -0.39 is 16.0 Å². The fourth-order valence-electron chi connectivity index (χ4n) is 2.77. The van der Waals surface area contributed by atoms with Gasteiger partial charge in [0.15, 0.2) is 0 Å². The molecule has 0 aliphatic heterocycles. The van der Waals surface area contributed by atoms with Crippen molar-refractivity contribution in [1.29, 1.82) is 0 Å². The molecule has 2 aromatic carbocycles. The Bertz CT molecular complexity index is 1060. The molecule has 8 nitrogen and oxygen atoms in total. The fourth-order valence-corrected chi connectivity index (χ4v) is 3.97. The largest absolute Gasteiger partial charge is 0.465 e. The summed E-state index contributed by atoms with van der Waals surface area (Å²) in [6, 6.07) is 12.5. The summed E-state index contributed by atoms with van der Waals surface area (Å²) in [4.78, 5) is 24.1. The van der Waals surface area contributed by atoms with Crippen molar-refractivity contribution in [3.8, 4) is 0 Å². The first-order valence-electron chi connectivity index (χ1n) is 9.83. The summed E-state index contributed by atoms with van der Waals surface area (Å²) in [6.07, 6.45) is 0.999. The molecule has 0 aromatic heterocycles. The summed E-state index contributed by atoms with van der Waals surface area (Å²) < 4.78 is 32.7. The molecule has 0 radical (unpaired) electrons. The molecule has 2 amide bonds. The number of nitrogens with one attached hydrogen (secondary N) is 3. The highest BCUT2D eigenvalue weighted by molar-refractivity contribution is 7.97. The first-order chi connectivity index (χ1) is 14.9. The van der Waals surface area contributed by atoms with Crippen LogP contribution in [0.5, 0.6) is 0 Å². The molecule has 0 atom stereocenters. The van der Waals surface area contributed by atoms with E-state index in [0.29, 0.717) is 17.9 Å². The monoisotopic (exact) mass is 479 g/mol. The van der Waals surface area contributed by atoms with Gasteiger partial charge in [0.05, 0.1) is 24.6 Å². The Morgan fingerprint density at radius 2 is 1.66 bits per heavy atom. The molecule has 0 unspecified atom stereocenters.